The minimum Gasteiger partial charge on any atom is -0.394 e. The van der Waals surface area contributed by atoms with Gasteiger partial charge in [-0.2, -0.15) is 0 Å². The van der Waals surface area contributed by atoms with E-state index in [0.29, 0.717) is 10.7 Å². The van der Waals surface area contributed by atoms with Crippen molar-refractivity contribution in [2.75, 3.05) is 6.61 Å². The minimum atomic E-state index is -0.435. The van der Waals surface area contributed by atoms with Gasteiger partial charge in [-0.1, -0.05) is 42.8 Å². The summed E-state index contributed by atoms with van der Waals surface area (Å²) < 4.78 is 0. The van der Waals surface area contributed by atoms with Crippen molar-refractivity contribution in [1.29, 1.82) is 0 Å². The zero-order valence-corrected chi connectivity index (χ0v) is 11.9. The summed E-state index contributed by atoms with van der Waals surface area (Å²) >= 11 is 5.76. The Kier molecular flexibility index (Phi) is 4.82. The summed E-state index contributed by atoms with van der Waals surface area (Å²) in [6.07, 6.45) is 2.50. The summed E-state index contributed by atoms with van der Waals surface area (Å²) in [7, 11) is 0. The van der Waals surface area contributed by atoms with E-state index in [2.05, 4.69) is 17.2 Å². The standard InChI is InChI=1S/C15H17ClN2O2/c1-2-10-3-5-11(6-4-10)14(9-19)18-15(20)13-7-12(16)8-17-13/h3-8,14,17,19H,2,9H2,1H3,(H,18,20). The van der Waals surface area contributed by atoms with Gasteiger partial charge in [-0.25, -0.2) is 0 Å². The van der Waals surface area contributed by atoms with Crippen LogP contribution in [0.15, 0.2) is 36.5 Å². The molecule has 1 heterocycles. The molecule has 20 heavy (non-hydrogen) atoms. The number of aliphatic hydroxyl groups is 1. The van der Waals surface area contributed by atoms with Crippen LogP contribution >= 0.6 is 11.6 Å². The lowest BCUT2D eigenvalue weighted by Crippen LogP contribution is -2.31. The van der Waals surface area contributed by atoms with Crippen LogP contribution < -0.4 is 5.32 Å². The number of aromatic amines is 1. The Morgan fingerprint density at radius 3 is 2.60 bits per heavy atom. The number of carbonyl (C=O) groups is 1. The minimum absolute atomic E-state index is 0.161. The van der Waals surface area contributed by atoms with Crippen LogP contribution in [0.2, 0.25) is 5.02 Å². The van der Waals surface area contributed by atoms with Crippen LogP contribution in [-0.2, 0) is 6.42 Å². The van der Waals surface area contributed by atoms with E-state index in [1.54, 1.807) is 12.3 Å². The van der Waals surface area contributed by atoms with E-state index >= 15 is 0 Å². The maximum atomic E-state index is 12.0. The van der Waals surface area contributed by atoms with Crippen molar-refractivity contribution in [3.05, 3.63) is 58.4 Å². The first-order valence-corrected chi connectivity index (χ1v) is 6.86. The van der Waals surface area contributed by atoms with Crippen molar-refractivity contribution in [3.8, 4) is 0 Å². The number of aromatic nitrogens is 1. The molecule has 106 valence electrons. The molecule has 0 aliphatic heterocycles. The van der Waals surface area contributed by atoms with E-state index in [9.17, 15) is 9.90 Å². The van der Waals surface area contributed by atoms with Gasteiger partial charge in [0.15, 0.2) is 0 Å². The molecule has 0 spiro atoms. The summed E-state index contributed by atoms with van der Waals surface area (Å²) in [5.41, 5.74) is 2.46. The molecule has 2 aromatic rings. The number of benzene rings is 1. The molecule has 0 bridgehead atoms. The predicted octanol–water partition coefficient (Wildman–Crippen LogP) is 2.69. The van der Waals surface area contributed by atoms with Gasteiger partial charge in [-0.05, 0) is 23.6 Å². The van der Waals surface area contributed by atoms with Crippen molar-refractivity contribution < 1.29 is 9.90 Å². The third-order valence-corrected chi connectivity index (χ3v) is 3.39. The average molecular weight is 293 g/mol. The predicted molar refractivity (Wildman–Crippen MR) is 78.9 cm³/mol. The van der Waals surface area contributed by atoms with E-state index in [0.717, 1.165) is 12.0 Å². The molecule has 0 aliphatic rings. The number of H-pyrrole nitrogens is 1. The maximum Gasteiger partial charge on any atom is 0.268 e. The number of hydrogen-bond donors (Lipinski definition) is 3. The molecular formula is C15H17ClN2O2. The molecule has 3 N–H and O–H groups in total. The maximum absolute atomic E-state index is 12.0. The Hall–Kier alpha value is -1.78. The summed E-state index contributed by atoms with van der Waals surface area (Å²) in [6, 6.07) is 8.94. The first kappa shape index (κ1) is 14.6. The lowest BCUT2D eigenvalue weighted by molar-refractivity contribution is 0.0912. The molecule has 2 rings (SSSR count). The van der Waals surface area contributed by atoms with Crippen molar-refractivity contribution in [2.24, 2.45) is 0 Å². The van der Waals surface area contributed by atoms with Crippen molar-refractivity contribution in [3.63, 3.8) is 0 Å². The second-order valence-electron chi connectivity index (χ2n) is 4.54. The number of aryl methyl sites for hydroxylation is 1. The second-order valence-corrected chi connectivity index (χ2v) is 4.97. The molecule has 0 saturated carbocycles. The highest BCUT2D eigenvalue weighted by molar-refractivity contribution is 6.30. The summed E-state index contributed by atoms with van der Waals surface area (Å²) in [6.45, 7) is 1.92. The monoisotopic (exact) mass is 292 g/mol. The number of rotatable bonds is 5. The molecule has 5 heteroatoms. The van der Waals surface area contributed by atoms with Crippen molar-refractivity contribution in [2.45, 2.75) is 19.4 Å². The van der Waals surface area contributed by atoms with Gasteiger partial charge < -0.3 is 15.4 Å². The first-order chi connectivity index (χ1) is 9.63. The molecule has 0 aliphatic carbocycles. The van der Waals surface area contributed by atoms with Gasteiger partial charge in [-0.15, -0.1) is 0 Å². The molecule has 1 aromatic heterocycles. The molecular weight excluding hydrogens is 276 g/mol. The Morgan fingerprint density at radius 1 is 1.40 bits per heavy atom. The quantitative estimate of drug-likeness (QED) is 0.793. The molecule has 1 unspecified atom stereocenters. The highest BCUT2D eigenvalue weighted by Gasteiger charge is 2.16. The van der Waals surface area contributed by atoms with E-state index < -0.39 is 6.04 Å². The van der Waals surface area contributed by atoms with Crippen LogP contribution in [0.1, 0.15) is 34.6 Å². The third kappa shape index (κ3) is 3.40. The van der Waals surface area contributed by atoms with E-state index in [1.165, 1.54) is 5.56 Å². The van der Waals surface area contributed by atoms with Crippen LogP contribution in [-0.4, -0.2) is 22.6 Å². The smallest absolute Gasteiger partial charge is 0.268 e. The Morgan fingerprint density at radius 2 is 2.10 bits per heavy atom. The van der Waals surface area contributed by atoms with Crippen LogP contribution in [0.5, 0.6) is 0 Å². The number of amides is 1. The SMILES string of the molecule is CCc1ccc(C(CO)NC(=O)c2cc(Cl)c[nH]2)cc1. The molecule has 0 radical (unpaired) electrons. The van der Waals surface area contributed by atoms with Crippen LogP contribution in [0, 0.1) is 0 Å². The van der Waals surface area contributed by atoms with Crippen molar-refractivity contribution in [1.82, 2.24) is 10.3 Å². The molecule has 0 fully saturated rings. The topological polar surface area (TPSA) is 65.1 Å². The number of aliphatic hydroxyl groups excluding tert-OH is 1. The van der Waals surface area contributed by atoms with Gasteiger partial charge in [0.2, 0.25) is 0 Å². The molecule has 1 amide bonds. The summed E-state index contributed by atoms with van der Waals surface area (Å²) in [4.78, 5) is 14.8. The number of hydrogen-bond acceptors (Lipinski definition) is 2. The van der Waals surface area contributed by atoms with Gasteiger partial charge in [0.05, 0.1) is 17.7 Å². The van der Waals surface area contributed by atoms with Crippen LogP contribution in [0.3, 0.4) is 0 Å². The van der Waals surface area contributed by atoms with E-state index in [4.69, 9.17) is 11.6 Å². The van der Waals surface area contributed by atoms with Gasteiger partial charge in [-0.3, -0.25) is 4.79 Å². The zero-order chi connectivity index (χ0) is 14.5. The van der Waals surface area contributed by atoms with Crippen molar-refractivity contribution >= 4 is 17.5 Å². The highest BCUT2D eigenvalue weighted by atomic mass is 35.5. The lowest BCUT2D eigenvalue weighted by Gasteiger charge is -2.16. The number of nitrogens with one attached hydrogen (secondary N) is 2. The van der Waals surface area contributed by atoms with Crippen LogP contribution in [0.4, 0.5) is 0 Å². The summed E-state index contributed by atoms with van der Waals surface area (Å²) in [5.74, 6) is -0.296. The normalized spacial score (nSPS) is 12.2. The largest absolute Gasteiger partial charge is 0.394 e. The van der Waals surface area contributed by atoms with E-state index in [1.807, 2.05) is 24.3 Å². The summed E-state index contributed by atoms with van der Waals surface area (Å²) in [5, 5.41) is 12.7. The van der Waals surface area contributed by atoms with Gasteiger partial charge in [0, 0.05) is 6.20 Å². The highest BCUT2D eigenvalue weighted by Crippen LogP contribution is 2.16. The fourth-order valence-electron chi connectivity index (χ4n) is 1.96. The Balaban J connectivity index is 2.09. The third-order valence-electron chi connectivity index (χ3n) is 3.17. The number of carbonyl (C=O) groups excluding carboxylic acids is 1. The number of halogens is 1. The Bertz CT molecular complexity index is 578. The molecule has 0 saturated heterocycles. The first-order valence-electron chi connectivity index (χ1n) is 6.48. The van der Waals surface area contributed by atoms with Gasteiger partial charge in [0.25, 0.3) is 5.91 Å². The molecule has 1 aromatic carbocycles. The van der Waals surface area contributed by atoms with E-state index in [-0.39, 0.29) is 12.5 Å². The Labute approximate surface area is 122 Å². The zero-order valence-electron chi connectivity index (χ0n) is 11.2. The van der Waals surface area contributed by atoms with Crippen LogP contribution in [0.25, 0.3) is 0 Å². The van der Waals surface area contributed by atoms with Gasteiger partial charge in [0.1, 0.15) is 5.69 Å². The van der Waals surface area contributed by atoms with Gasteiger partial charge >= 0.3 is 0 Å². The second kappa shape index (κ2) is 6.59. The average Bonchev–Trinajstić information content (AvgIpc) is 2.91. The fraction of sp³-hybridized carbons (Fsp3) is 0.267. The molecule has 4 nitrogen and oxygen atoms in total. The fourth-order valence-corrected chi connectivity index (χ4v) is 2.12. The molecule has 1 atom stereocenters. The lowest BCUT2D eigenvalue weighted by atomic mass is 10.0.